The predicted octanol–water partition coefficient (Wildman–Crippen LogP) is 1.37. The van der Waals surface area contributed by atoms with Crippen molar-refractivity contribution in [3.63, 3.8) is 0 Å². The summed E-state index contributed by atoms with van der Waals surface area (Å²) in [6, 6.07) is 8.26. The van der Waals surface area contributed by atoms with Gasteiger partial charge in [0, 0.05) is 18.4 Å². The molecule has 1 aromatic rings. The first kappa shape index (κ1) is 16.4. The maximum Gasteiger partial charge on any atom is 0.303 e. The van der Waals surface area contributed by atoms with Crippen LogP contribution in [0.15, 0.2) is 30.3 Å². The van der Waals surface area contributed by atoms with Gasteiger partial charge in [0.2, 0.25) is 5.91 Å². The lowest BCUT2D eigenvalue weighted by molar-refractivity contribution is -0.137. The van der Waals surface area contributed by atoms with Crippen LogP contribution in [0.4, 0.5) is 0 Å². The van der Waals surface area contributed by atoms with Crippen molar-refractivity contribution in [2.45, 2.75) is 32.2 Å². The highest BCUT2D eigenvalue weighted by molar-refractivity contribution is 5.90. The normalized spacial score (nSPS) is 10.9. The molecule has 0 aromatic heterocycles. The lowest BCUT2D eigenvalue weighted by Crippen LogP contribution is -2.38. The summed E-state index contributed by atoms with van der Waals surface area (Å²) in [5.41, 5.74) is 0.754. The largest absolute Gasteiger partial charge is 0.481 e. The number of carbonyl (C=O) groups is 3. The molecular weight excluding hydrogens is 270 g/mol. The second-order valence-corrected chi connectivity index (χ2v) is 4.49. The molecule has 0 bridgehead atoms. The number of rotatable bonds is 6. The van der Waals surface area contributed by atoms with Crippen molar-refractivity contribution < 1.29 is 19.5 Å². The average Bonchev–Trinajstić information content (AvgIpc) is 2.43. The Bertz CT molecular complexity index is 569. The number of ketones is 1. The van der Waals surface area contributed by atoms with Gasteiger partial charge in [-0.15, -0.1) is 0 Å². The van der Waals surface area contributed by atoms with E-state index in [9.17, 15) is 14.4 Å². The first-order chi connectivity index (χ1) is 9.99. The van der Waals surface area contributed by atoms with Gasteiger partial charge in [-0.2, -0.15) is 0 Å². The lowest BCUT2D eigenvalue weighted by atomic mass is 10.1. The second kappa shape index (κ2) is 8.54. The van der Waals surface area contributed by atoms with E-state index in [2.05, 4.69) is 17.2 Å². The number of hydrogen-bond acceptors (Lipinski definition) is 3. The van der Waals surface area contributed by atoms with Crippen molar-refractivity contribution in [3.8, 4) is 11.8 Å². The predicted molar refractivity (Wildman–Crippen MR) is 77.4 cm³/mol. The number of aliphatic carboxylic acids is 1. The zero-order valence-corrected chi connectivity index (χ0v) is 11.8. The van der Waals surface area contributed by atoms with Gasteiger partial charge in [-0.05, 0) is 25.5 Å². The molecule has 1 aromatic carbocycles. The molecule has 0 aliphatic heterocycles. The molecule has 5 nitrogen and oxygen atoms in total. The van der Waals surface area contributed by atoms with Crippen molar-refractivity contribution in [1.29, 1.82) is 0 Å². The Morgan fingerprint density at radius 1 is 1.19 bits per heavy atom. The third-order valence-corrected chi connectivity index (χ3v) is 2.64. The molecule has 1 unspecified atom stereocenters. The van der Waals surface area contributed by atoms with E-state index >= 15 is 0 Å². The van der Waals surface area contributed by atoms with Crippen LogP contribution in [0.2, 0.25) is 0 Å². The van der Waals surface area contributed by atoms with E-state index in [4.69, 9.17) is 5.11 Å². The molecule has 5 heteroatoms. The fraction of sp³-hybridized carbons (Fsp3) is 0.312. The van der Waals surface area contributed by atoms with Crippen LogP contribution >= 0.6 is 0 Å². The Morgan fingerprint density at radius 2 is 1.86 bits per heavy atom. The van der Waals surface area contributed by atoms with Crippen molar-refractivity contribution >= 4 is 17.7 Å². The Kier molecular flexibility index (Phi) is 6.69. The van der Waals surface area contributed by atoms with E-state index in [0.29, 0.717) is 0 Å². The standard InChI is InChI=1S/C16H17NO4/c1-12(18)14(11-10-13-6-3-2-4-7-13)17-15(19)8-5-9-16(20)21/h2-4,6-7,14H,5,8-9H2,1H3,(H,17,19)(H,20,21). The van der Waals surface area contributed by atoms with Gasteiger partial charge < -0.3 is 10.4 Å². The van der Waals surface area contributed by atoms with Crippen molar-refractivity contribution in [3.05, 3.63) is 35.9 Å². The van der Waals surface area contributed by atoms with Gasteiger partial charge in [-0.25, -0.2) is 0 Å². The van der Waals surface area contributed by atoms with E-state index in [1.54, 1.807) is 12.1 Å². The maximum atomic E-state index is 11.6. The molecule has 0 saturated heterocycles. The Balaban J connectivity index is 2.58. The smallest absolute Gasteiger partial charge is 0.303 e. The van der Waals surface area contributed by atoms with E-state index in [1.165, 1.54) is 6.92 Å². The molecule has 0 saturated carbocycles. The van der Waals surface area contributed by atoms with Gasteiger partial charge in [-0.3, -0.25) is 14.4 Å². The summed E-state index contributed by atoms with van der Waals surface area (Å²) >= 11 is 0. The third-order valence-electron chi connectivity index (χ3n) is 2.64. The van der Waals surface area contributed by atoms with Gasteiger partial charge in [0.05, 0.1) is 0 Å². The van der Waals surface area contributed by atoms with Gasteiger partial charge in [0.15, 0.2) is 5.78 Å². The maximum absolute atomic E-state index is 11.6. The van der Waals surface area contributed by atoms with Crippen molar-refractivity contribution in [2.24, 2.45) is 0 Å². The van der Waals surface area contributed by atoms with Gasteiger partial charge in [0.25, 0.3) is 0 Å². The van der Waals surface area contributed by atoms with E-state index in [1.807, 2.05) is 18.2 Å². The molecule has 110 valence electrons. The first-order valence-electron chi connectivity index (χ1n) is 6.57. The molecule has 0 spiro atoms. The van der Waals surface area contributed by atoms with Crippen LogP contribution in [0.25, 0.3) is 0 Å². The number of Topliss-reactive ketones (excluding diaryl/α,β-unsaturated/α-hetero) is 1. The molecule has 1 amide bonds. The minimum absolute atomic E-state index is 0.0586. The summed E-state index contributed by atoms with van der Waals surface area (Å²) in [5, 5.41) is 11.0. The summed E-state index contributed by atoms with van der Waals surface area (Å²) < 4.78 is 0. The molecule has 2 N–H and O–H groups in total. The highest BCUT2D eigenvalue weighted by Crippen LogP contribution is 1.98. The van der Waals surface area contributed by atoms with E-state index in [-0.39, 0.29) is 31.0 Å². The number of amides is 1. The molecule has 0 aliphatic carbocycles. The molecule has 21 heavy (non-hydrogen) atoms. The number of carboxylic acid groups (broad SMARTS) is 1. The minimum Gasteiger partial charge on any atom is -0.481 e. The van der Waals surface area contributed by atoms with Crippen molar-refractivity contribution in [1.82, 2.24) is 5.32 Å². The summed E-state index contributed by atoms with van der Waals surface area (Å²) in [5.74, 6) is 3.96. The second-order valence-electron chi connectivity index (χ2n) is 4.49. The van der Waals surface area contributed by atoms with Crippen LogP contribution in [-0.4, -0.2) is 28.8 Å². The zero-order chi connectivity index (χ0) is 15.7. The van der Waals surface area contributed by atoms with Crippen LogP contribution in [0, 0.1) is 11.8 Å². The molecule has 0 fully saturated rings. The minimum atomic E-state index is -0.949. The molecule has 0 aliphatic rings. The quantitative estimate of drug-likeness (QED) is 0.774. The first-order valence-corrected chi connectivity index (χ1v) is 6.57. The topological polar surface area (TPSA) is 83.5 Å². The third kappa shape index (κ3) is 6.92. The number of benzene rings is 1. The molecule has 1 rings (SSSR count). The summed E-state index contributed by atoms with van der Waals surface area (Å²) in [4.78, 5) is 33.5. The Labute approximate surface area is 123 Å². The van der Waals surface area contributed by atoms with Gasteiger partial charge >= 0.3 is 5.97 Å². The Morgan fingerprint density at radius 3 is 2.43 bits per heavy atom. The fourth-order valence-corrected chi connectivity index (χ4v) is 1.55. The number of hydrogen-bond donors (Lipinski definition) is 2. The monoisotopic (exact) mass is 287 g/mol. The Hall–Kier alpha value is -2.61. The summed E-state index contributed by atoms with van der Waals surface area (Å²) in [7, 11) is 0. The molecule has 1 atom stereocenters. The fourth-order valence-electron chi connectivity index (χ4n) is 1.55. The number of carboxylic acids is 1. The average molecular weight is 287 g/mol. The molecule has 0 heterocycles. The van der Waals surface area contributed by atoms with Crippen LogP contribution in [-0.2, 0) is 14.4 Å². The molecular formula is C16H17NO4. The van der Waals surface area contributed by atoms with Gasteiger partial charge in [-0.1, -0.05) is 30.0 Å². The van der Waals surface area contributed by atoms with Crippen LogP contribution in [0.3, 0.4) is 0 Å². The van der Waals surface area contributed by atoms with Gasteiger partial charge in [0.1, 0.15) is 6.04 Å². The summed E-state index contributed by atoms with van der Waals surface area (Å²) in [6.45, 7) is 1.35. The summed E-state index contributed by atoms with van der Waals surface area (Å²) in [6.07, 6.45) is 0.217. The molecule has 0 radical (unpaired) electrons. The van der Waals surface area contributed by atoms with E-state index in [0.717, 1.165) is 5.56 Å². The lowest BCUT2D eigenvalue weighted by Gasteiger charge is -2.09. The zero-order valence-electron chi connectivity index (χ0n) is 11.8. The van der Waals surface area contributed by atoms with Crippen LogP contribution in [0.5, 0.6) is 0 Å². The highest BCUT2D eigenvalue weighted by atomic mass is 16.4. The van der Waals surface area contributed by atoms with Crippen molar-refractivity contribution in [2.75, 3.05) is 0 Å². The van der Waals surface area contributed by atoms with Crippen LogP contribution < -0.4 is 5.32 Å². The number of nitrogens with one attached hydrogen (secondary N) is 1. The SMILES string of the molecule is CC(=O)C(C#Cc1ccccc1)NC(=O)CCCC(=O)O. The highest BCUT2D eigenvalue weighted by Gasteiger charge is 2.14. The van der Waals surface area contributed by atoms with E-state index < -0.39 is 12.0 Å². The van der Waals surface area contributed by atoms with Crippen LogP contribution in [0.1, 0.15) is 31.7 Å². The number of carbonyl (C=O) groups excluding carboxylic acids is 2.